The van der Waals surface area contributed by atoms with Crippen molar-refractivity contribution in [2.75, 3.05) is 0 Å². The van der Waals surface area contributed by atoms with E-state index in [4.69, 9.17) is 23.2 Å². The van der Waals surface area contributed by atoms with Gasteiger partial charge in [-0.1, -0.05) is 23.2 Å². The highest BCUT2D eigenvalue weighted by molar-refractivity contribution is 6.36. The Kier molecular flexibility index (Phi) is 2.42. The second-order valence-corrected chi connectivity index (χ2v) is 4.18. The van der Waals surface area contributed by atoms with Crippen molar-refractivity contribution in [2.45, 2.75) is 0 Å². The quantitative estimate of drug-likeness (QED) is 0.679. The average molecular weight is 266 g/mol. The molecule has 1 aromatic carbocycles. The lowest BCUT2D eigenvalue weighted by atomic mass is 10.2. The van der Waals surface area contributed by atoms with Gasteiger partial charge in [-0.2, -0.15) is 9.61 Å². The molecule has 2 aromatic heterocycles. The molecule has 0 atom stereocenters. The van der Waals surface area contributed by atoms with Crippen molar-refractivity contribution >= 4 is 29.0 Å². The summed E-state index contributed by atoms with van der Waals surface area (Å²) in [7, 11) is 0. The average Bonchev–Trinajstić information content (AvgIpc) is 2.75. The van der Waals surface area contributed by atoms with Crippen LogP contribution < -0.4 is 0 Å². The molecule has 2 heterocycles. The summed E-state index contributed by atoms with van der Waals surface area (Å²) in [6.07, 6.45) is 3.08. The van der Waals surface area contributed by atoms with Gasteiger partial charge in [0.15, 0.2) is 0 Å². The summed E-state index contributed by atoms with van der Waals surface area (Å²) in [4.78, 5) is 4.30. The van der Waals surface area contributed by atoms with Gasteiger partial charge < -0.3 is 0 Å². The van der Waals surface area contributed by atoms with Gasteiger partial charge in [0.25, 0.3) is 5.78 Å². The van der Waals surface area contributed by atoms with Gasteiger partial charge in [0.2, 0.25) is 0 Å². The molecule has 17 heavy (non-hydrogen) atoms. The standard InChI is InChI=1S/C10H5Cl2N5/c11-6-1-2-7(8(12)3-6)9-4-14-17-5-13-16-10(17)15-9/h1-5H. The molecular formula is C10H5Cl2N5. The molecule has 3 aromatic rings. The molecule has 0 spiro atoms. The van der Waals surface area contributed by atoms with Crippen LogP contribution >= 0.6 is 23.2 Å². The third-order valence-corrected chi connectivity index (χ3v) is 2.79. The summed E-state index contributed by atoms with van der Waals surface area (Å²) in [5.74, 6) is 0.425. The fourth-order valence-corrected chi connectivity index (χ4v) is 1.96. The van der Waals surface area contributed by atoms with Crippen molar-refractivity contribution in [3.05, 3.63) is 40.8 Å². The molecule has 0 fully saturated rings. The number of aromatic nitrogens is 5. The summed E-state index contributed by atoms with van der Waals surface area (Å²) in [6.45, 7) is 0. The van der Waals surface area contributed by atoms with E-state index in [1.807, 2.05) is 0 Å². The Morgan fingerprint density at radius 1 is 1.18 bits per heavy atom. The van der Waals surface area contributed by atoms with E-state index in [9.17, 15) is 0 Å². The first-order chi connectivity index (χ1) is 8.24. The summed E-state index contributed by atoms with van der Waals surface area (Å²) >= 11 is 11.9. The van der Waals surface area contributed by atoms with E-state index in [0.717, 1.165) is 5.56 Å². The Labute approximate surface area is 106 Å². The summed E-state index contributed by atoms with van der Waals surface area (Å²) in [6, 6.07) is 5.20. The molecule has 0 saturated carbocycles. The van der Waals surface area contributed by atoms with Crippen LogP contribution in [0.4, 0.5) is 0 Å². The molecule has 5 nitrogen and oxygen atoms in total. The van der Waals surface area contributed by atoms with E-state index in [1.165, 1.54) is 10.8 Å². The first-order valence-electron chi connectivity index (χ1n) is 4.72. The van der Waals surface area contributed by atoms with Gasteiger partial charge in [-0.3, -0.25) is 0 Å². The fourth-order valence-electron chi connectivity index (χ4n) is 1.46. The molecular weight excluding hydrogens is 261 g/mol. The minimum atomic E-state index is 0.425. The zero-order valence-corrected chi connectivity index (χ0v) is 9.89. The van der Waals surface area contributed by atoms with Crippen LogP contribution in [0.3, 0.4) is 0 Å². The number of halogens is 2. The van der Waals surface area contributed by atoms with Crippen molar-refractivity contribution in [3.8, 4) is 11.3 Å². The van der Waals surface area contributed by atoms with Crippen molar-refractivity contribution in [1.82, 2.24) is 24.8 Å². The predicted molar refractivity (Wildman–Crippen MR) is 64.0 cm³/mol. The molecule has 0 N–H and O–H groups in total. The van der Waals surface area contributed by atoms with E-state index in [0.29, 0.717) is 21.5 Å². The Hall–Kier alpha value is -1.72. The van der Waals surface area contributed by atoms with Crippen molar-refractivity contribution in [1.29, 1.82) is 0 Å². The summed E-state index contributed by atoms with van der Waals surface area (Å²) in [5, 5.41) is 12.8. The van der Waals surface area contributed by atoms with Gasteiger partial charge >= 0.3 is 0 Å². The highest BCUT2D eigenvalue weighted by Gasteiger charge is 2.08. The van der Waals surface area contributed by atoms with Gasteiger partial charge in [0.05, 0.1) is 16.9 Å². The van der Waals surface area contributed by atoms with Crippen LogP contribution in [0.1, 0.15) is 0 Å². The predicted octanol–water partition coefficient (Wildman–Crippen LogP) is 2.49. The summed E-state index contributed by atoms with van der Waals surface area (Å²) < 4.78 is 1.48. The fraction of sp³-hybridized carbons (Fsp3) is 0. The maximum absolute atomic E-state index is 6.09. The lowest BCUT2D eigenvalue weighted by Gasteiger charge is -2.03. The maximum Gasteiger partial charge on any atom is 0.272 e. The second kappa shape index (κ2) is 3.94. The van der Waals surface area contributed by atoms with E-state index >= 15 is 0 Å². The largest absolute Gasteiger partial charge is 0.272 e. The van der Waals surface area contributed by atoms with Gasteiger partial charge in [0, 0.05) is 10.6 Å². The van der Waals surface area contributed by atoms with Gasteiger partial charge in [0.1, 0.15) is 6.33 Å². The Balaban J connectivity index is 2.19. The molecule has 84 valence electrons. The molecule has 0 aliphatic heterocycles. The number of fused-ring (bicyclic) bond motifs is 1. The van der Waals surface area contributed by atoms with Crippen LogP contribution in [-0.2, 0) is 0 Å². The SMILES string of the molecule is Clc1ccc(-c2cnn3cnnc3n2)c(Cl)c1. The minimum absolute atomic E-state index is 0.425. The Morgan fingerprint density at radius 2 is 2.06 bits per heavy atom. The van der Waals surface area contributed by atoms with Crippen molar-refractivity contribution in [3.63, 3.8) is 0 Å². The van der Waals surface area contributed by atoms with Crippen LogP contribution in [-0.4, -0.2) is 24.8 Å². The monoisotopic (exact) mass is 265 g/mol. The minimum Gasteiger partial charge on any atom is -0.208 e. The molecule has 0 aliphatic carbocycles. The number of nitrogens with zero attached hydrogens (tertiary/aromatic N) is 5. The van der Waals surface area contributed by atoms with Gasteiger partial charge in [-0.05, 0) is 18.2 Å². The highest BCUT2D eigenvalue weighted by Crippen LogP contribution is 2.28. The smallest absolute Gasteiger partial charge is 0.208 e. The molecule has 0 bridgehead atoms. The molecule has 0 unspecified atom stereocenters. The maximum atomic E-state index is 6.09. The topological polar surface area (TPSA) is 56.0 Å². The number of hydrogen-bond donors (Lipinski definition) is 0. The van der Waals surface area contributed by atoms with Crippen molar-refractivity contribution in [2.24, 2.45) is 0 Å². The lowest BCUT2D eigenvalue weighted by Crippen LogP contribution is -1.95. The second-order valence-electron chi connectivity index (χ2n) is 3.34. The van der Waals surface area contributed by atoms with Crippen LogP contribution in [0.15, 0.2) is 30.7 Å². The molecule has 0 saturated heterocycles. The third-order valence-electron chi connectivity index (χ3n) is 2.25. The third kappa shape index (κ3) is 1.83. The van der Waals surface area contributed by atoms with Crippen molar-refractivity contribution < 1.29 is 0 Å². The molecule has 3 rings (SSSR count). The number of rotatable bonds is 1. The zero-order chi connectivity index (χ0) is 11.8. The first-order valence-corrected chi connectivity index (χ1v) is 5.48. The molecule has 0 amide bonds. The Morgan fingerprint density at radius 3 is 2.88 bits per heavy atom. The highest BCUT2D eigenvalue weighted by atomic mass is 35.5. The normalized spacial score (nSPS) is 10.9. The van der Waals surface area contributed by atoms with Crippen LogP contribution in [0, 0.1) is 0 Å². The molecule has 0 radical (unpaired) electrons. The number of hydrogen-bond acceptors (Lipinski definition) is 4. The lowest BCUT2D eigenvalue weighted by molar-refractivity contribution is 0.901. The molecule has 7 heteroatoms. The van der Waals surface area contributed by atoms with E-state index in [-0.39, 0.29) is 0 Å². The van der Waals surface area contributed by atoms with Crippen LogP contribution in [0.5, 0.6) is 0 Å². The van der Waals surface area contributed by atoms with E-state index < -0.39 is 0 Å². The van der Waals surface area contributed by atoms with E-state index in [1.54, 1.807) is 24.4 Å². The van der Waals surface area contributed by atoms with Crippen LogP contribution in [0.25, 0.3) is 17.0 Å². The van der Waals surface area contributed by atoms with E-state index in [2.05, 4.69) is 20.3 Å². The number of benzene rings is 1. The Bertz CT molecular complexity index is 694. The first kappa shape index (κ1) is 10.4. The van der Waals surface area contributed by atoms with Crippen LogP contribution in [0.2, 0.25) is 10.0 Å². The zero-order valence-electron chi connectivity index (χ0n) is 8.38. The van der Waals surface area contributed by atoms with Gasteiger partial charge in [-0.25, -0.2) is 4.98 Å². The molecule has 0 aliphatic rings. The van der Waals surface area contributed by atoms with Gasteiger partial charge in [-0.15, -0.1) is 10.2 Å². The summed E-state index contributed by atoms with van der Waals surface area (Å²) in [5.41, 5.74) is 1.39.